The number of aromatic nitrogens is 2. The lowest BCUT2D eigenvalue weighted by Crippen LogP contribution is -2.50. The average Bonchev–Trinajstić information content (AvgIpc) is 2.72. The standard InChI is InChI=1S/C20H22N4O5S/c1-20(6-2-7-20)23-18(25)14-3-4-17(22-10-14)30(27,28)24-19(26)16-9-13-5-8-29-12-15(13)11-21-16/h3-4,9-11H,2,5-8,12H2,1H3,(H,23,25)(H,24,26). The van der Waals surface area contributed by atoms with Crippen molar-refractivity contribution in [2.24, 2.45) is 0 Å². The summed E-state index contributed by atoms with van der Waals surface area (Å²) in [6, 6.07) is 4.15. The molecule has 30 heavy (non-hydrogen) atoms. The van der Waals surface area contributed by atoms with Gasteiger partial charge in [-0.3, -0.25) is 14.6 Å². The van der Waals surface area contributed by atoms with Crippen molar-refractivity contribution in [1.29, 1.82) is 0 Å². The van der Waals surface area contributed by atoms with Crippen molar-refractivity contribution in [2.45, 2.75) is 49.8 Å². The summed E-state index contributed by atoms with van der Waals surface area (Å²) in [5, 5.41) is 2.58. The topological polar surface area (TPSA) is 127 Å². The summed E-state index contributed by atoms with van der Waals surface area (Å²) in [5.74, 6) is -1.15. The number of carbonyl (C=O) groups excluding carboxylic acids is 2. The molecular weight excluding hydrogens is 408 g/mol. The summed E-state index contributed by atoms with van der Waals surface area (Å²) < 4.78 is 32.4. The minimum Gasteiger partial charge on any atom is -0.376 e. The number of amides is 2. The maximum atomic E-state index is 12.5. The van der Waals surface area contributed by atoms with Crippen LogP contribution in [-0.4, -0.2) is 42.3 Å². The van der Waals surface area contributed by atoms with Crippen molar-refractivity contribution in [3.63, 3.8) is 0 Å². The molecule has 1 fully saturated rings. The molecule has 9 nitrogen and oxygen atoms in total. The fourth-order valence-corrected chi connectivity index (χ4v) is 4.35. The van der Waals surface area contributed by atoms with Gasteiger partial charge in [-0.05, 0) is 61.9 Å². The zero-order valence-electron chi connectivity index (χ0n) is 16.5. The van der Waals surface area contributed by atoms with Crippen molar-refractivity contribution < 1.29 is 22.7 Å². The van der Waals surface area contributed by atoms with E-state index >= 15 is 0 Å². The Labute approximate surface area is 174 Å². The molecule has 0 bridgehead atoms. The van der Waals surface area contributed by atoms with Crippen molar-refractivity contribution in [1.82, 2.24) is 20.0 Å². The average molecular weight is 430 g/mol. The van der Waals surface area contributed by atoms with Crippen LogP contribution in [0.4, 0.5) is 0 Å². The third kappa shape index (κ3) is 4.19. The molecule has 4 rings (SSSR count). The van der Waals surface area contributed by atoms with E-state index in [4.69, 9.17) is 4.74 Å². The van der Waals surface area contributed by atoms with E-state index in [9.17, 15) is 18.0 Å². The van der Waals surface area contributed by atoms with E-state index in [2.05, 4.69) is 15.3 Å². The molecular formula is C20H22N4O5S. The summed E-state index contributed by atoms with van der Waals surface area (Å²) in [6.07, 6.45) is 6.23. The van der Waals surface area contributed by atoms with Gasteiger partial charge in [0.1, 0.15) is 5.69 Å². The number of ether oxygens (including phenoxy) is 1. The second-order valence-corrected chi connectivity index (χ2v) is 9.46. The van der Waals surface area contributed by atoms with Crippen molar-refractivity contribution in [2.75, 3.05) is 6.61 Å². The maximum absolute atomic E-state index is 12.5. The molecule has 10 heteroatoms. The van der Waals surface area contributed by atoms with E-state index in [1.165, 1.54) is 24.5 Å². The molecule has 1 saturated carbocycles. The van der Waals surface area contributed by atoms with E-state index in [1.807, 2.05) is 11.6 Å². The number of hydrogen-bond acceptors (Lipinski definition) is 7. The minimum atomic E-state index is -4.21. The fourth-order valence-electron chi connectivity index (χ4n) is 3.46. The molecule has 1 aliphatic heterocycles. The van der Waals surface area contributed by atoms with Crippen LogP contribution in [0.15, 0.2) is 35.6 Å². The molecule has 0 spiro atoms. The van der Waals surface area contributed by atoms with E-state index in [1.54, 1.807) is 6.07 Å². The fraction of sp³-hybridized carbons (Fsp3) is 0.400. The normalized spacial score (nSPS) is 17.4. The number of rotatable bonds is 5. The van der Waals surface area contributed by atoms with Gasteiger partial charge >= 0.3 is 0 Å². The molecule has 2 amide bonds. The van der Waals surface area contributed by atoms with Crippen LogP contribution in [0.1, 0.15) is 58.2 Å². The van der Waals surface area contributed by atoms with E-state index < -0.39 is 15.9 Å². The summed E-state index contributed by atoms with van der Waals surface area (Å²) in [7, 11) is -4.21. The van der Waals surface area contributed by atoms with E-state index in [0.717, 1.165) is 30.4 Å². The highest BCUT2D eigenvalue weighted by molar-refractivity contribution is 7.90. The zero-order valence-corrected chi connectivity index (χ0v) is 17.3. The molecule has 2 aliphatic rings. The quantitative estimate of drug-likeness (QED) is 0.733. The second kappa shape index (κ2) is 7.77. The van der Waals surface area contributed by atoms with Crippen LogP contribution in [0.3, 0.4) is 0 Å². The molecule has 0 radical (unpaired) electrons. The van der Waals surface area contributed by atoms with Gasteiger partial charge in [-0.1, -0.05) is 0 Å². The van der Waals surface area contributed by atoms with Crippen LogP contribution < -0.4 is 10.0 Å². The number of carbonyl (C=O) groups is 2. The molecule has 2 aromatic rings. The van der Waals surface area contributed by atoms with Gasteiger partial charge in [0.15, 0.2) is 5.03 Å². The van der Waals surface area contributed by atoms with Gasteiger partial charge < -0.3 is 10.1 Å². The first-order valence-electron chi connectivity index (χ1n) is 9.67. The lowest BCUT2D eigenvalue weighted by Gasteiger charge is -2.39. The van der Waals surface area contributed by atoms with E-state index in [-0.39, 0.29) is 27.7 Å². The monoisotopic (exact) mass is 430 g/mol. The van der Waals surface area contributed by atoms with Crippen LogP contribution in [0.2, 0.25) is 0 Å². The summed E-state index contributed by atoms with van der Waals surface area (Å²) in [4.78, 5) is 32.6. The van der Waals surface area contributed by atoms with E-state index in [0.29, 0.717) is 19.6 Å². The third-order valence-corrected chi connectivity index (χ3v) is 6.71. The highest BCUT2D eigenvalue weighted by Crippen LogP contribution is 2.31. The van der Waals surface area contributed by atoms with Crippen LogP contribution in [0, 0.1) is 0 Å². The summed E-state index contributed by atoms with van der Waals surface area (Å²) >= 11 is 0. The Morgan fingerprint density at radius 3 is 2.57 bits per heavy atom. The largest absolute Gasteiger partial charge is 0.376 e. The van der Waals surface area contributed by atoms with Gasteiger partial charge in [-0.2, -0.15) is 8.42 Å². The SMILES string of the molecule is CC1(NC(=O)c2ccc(S(=O)(=O)NC(=O)c3cc4c(cn3)COCC4)nc2)CCC1. The highest BCUT2D eigenvalue weighted by Gasteiger charge is 2.33. The lowest BCUT2D eigenvalue weighted by molar-refractivity contribution is 0.0849. The minimum absolute atomic E-state index is 0.00367. The number of nitrogens with zero attached hydrogens (tertiary/aromatic N) is 2. The predicted octanol–water partition coefficient (Wildman–Crippen LogP) is 1.34. The highest BCUT2D eigenvalue weighted by atomic mass is 32.2. The molecule has 2 aromatic heterocycles. The van der Waals surface area contributed by atoms with Crippen LogP contribution in [0.25, 0.3) is 0 Å². The maximum Gasteiger partial charge on any atom is 0.283 e. The molecule has 158 valence electrons. The third-order valence-electron chi connectivity index (χ3n) is 5.46. The number of nitrogens with one attached hydrogen (secondary N) is 2. The molecule has 2 N–H and O–H groups in total. The van der Waals surface area contributed by atoms with Gasteiger partial charge in [0.05, 0.1) is 18.8 Å². The Morgan fingerprint density at radius 2 is 1.90 bits per heavy atom. The predicted molar refractivity (Wildman–Crippen MR) is 106 cm³/mol. The van der Waals surface area contributed by atoms with Crippen molar-refractivity contribution in [3.05, 3.63) is 53.0 Å². The second-order valence-electron chi connectivity index (χ2n) is 7.83. The first kappa shape index (κ1) is 20.4. The van der Waals surface area contributed by atoms with Gasteiger partial charge in [0, 0.05) is 17.9 Å². The molecule has 0 saturated heterocycles. The number of fused-ring (bicyclic) bond motifs is 1. The number of pyridine rings is 2. The van der Waals surface area contributed by atoms with Gasteiger partial charge in [-0.15, -0.1) is 0 Å². The van der Waals surface area contributed by atoms with Gasteiger partial charge in [0.2, 0.25) is 0 Å². The smallest absolute Gasteiger partial charge is 0.283 e. The number of hydrogen-bond donors (Lipinski definition) is 2. The van der Waals surface area contributed by atoms with Crippen molar-refractivity contribution >= 4 is 21.8 Å². The van der Waals surface area contributed by atoms with Crippen LogP contribution in [-0.2, 0) is 27.8 Å². The first-order chi connectivity index (χ1) is 14.3. The zero-order chi connectivity index (χ0) is 21.4. The summed E-state index contributed by atoms with van der Waals surface area (Å²) in [6.45, 7) is 2.93. The van der Waals surface area contributed by atoms with Gasteiger partial charge in [0.25, 0.3) is 21.8 Å². The Balaban J connectivity index is 1.45. The van der Waals surface area contributed by atoms with Crippen LogP contribution >= 0.6 is 0 Å². The van der Waals surface area contributed by atoms with Gasteiger partial charge in [-0.25, -0.2) is 9.71 Å². The van der Waals surface area contributed by atoms with Crippen LogP contribution in [0.5, 0.6) is 0 Å². The molecule has 3 heterocycles. The number of sulfonamides is 1. The Morgan fingerprint density at radius 1 is 1.10 bits per heavy atom. The molecule has 1 aliphatic carbocycles. The first-order valence-corrected chi connectivity index (χ1v) is 11.2. The molecule has 0 unspecified atom stereocenters. The Hall–Kier alpha value is -2.85. The molecule has 0 atom stereocenters. The lowest BCUT2D eigenvalue weighted by atomic mass is 9.78. The molecule has 0 aromatic carbocycles. The Kier molecular flexibility index (Phi) is 5.29. The summed E-state index contributed by atoms with van der Waals surface area (Å²) in [5.41, 5.74) is 1.83. The Bertz CT molecular complexity index is 1090. The van der Waals surface area contributed by atoms with Crippen molar-refractivity contribution in [3.8, 4) is 0 Å².